The molecule has 0 aliphatic carbocycles. The lowest BCUT2D eigenvalue weighted by Crippen LogP contribution is -2.17. The molecule has 0 aliphatic rings. The highest BCUT2D eigenvalue weighted by atomic mass is 32.1. The quantitative estimate of drug-likeness (QED) is 0.656. The lowest BCUT2D eigenvalue weighted by molar-refractivity contribution is -0.384. The third kappa shape index (κ3) is 3.19. The average Bonchev–Trinajstić information content (AvgIpc) is 2.91. The van der Waals surface area contributed by atoms with Gasteiger partial charge in [0.05, 0.1) is 10.6 Å². The second-order valence-corrected chi connectivity index (χ2v) is 5.32. The molecule has 21 heavy (non-hydrogen) atoms. The van der Waals surface area contributed by atoms with Crippen molar-refractivity contribution in [2.75, 3.05) is 18.9 Å². The maximum Gasteiger partial charge on any atom is 0.269 e. The minimum atomic E-state index is -0.432. The number of anilines is 1. The van der Waals surface area contributed by atoms with E-state index in [1.807, 2.05) is 13.0 Å². The number of amides is 1. The number of nitro benzene ring substituents is 1. The van der Waals surface area contributed by atoms with E-state index in [2.05, 4.69) is 10.6 Å². The molecular formula is C14H15N3O3S. The summed E-state index contributed by atoms with van der Waals surface area (Å²) in [6.45, 7) is 2.66. The first-order valence-corrected chi connectivity index (χ1v) is 7.23. The van der Waals surface area contributed by atoms with Crippen LogP contribution < -0.4 is 10.6 Å². The molecule has 1 aromatic heterocycles. The fourth-order valence-electron chi connectivity index (χ4n) is 1.88. The van der Waals surface area contributed by atoms with Gasteiger partial charge >= 0.3 is 0 Å². The van der Waals surface area contributed by atoms with E-state index in [9.17, 15) is 14.9 Å². The number of nitro groups is 1. The molecule has 2 aromatic rings. The van der Waals surface area contributed by atoms with Gasteiger partial charge in [-0.15, -0.1) is 11.3 Å². The molecule has 2 N–H and O–H groups in total. The predicted molar refractivity (Wildman–Crippen MR) is 84.0 cm³/mol. The number of hydrogen-bond donors (Lipinski definition) is 2. The topological polar surface area (TPSA) is 84.3 Å². The fraction of sp³-hybridized carbons (Fsp3) is 0.214. The largest absolute Gasteiger partial charge is 0.384 e. The van der Waals surface area contributed by atoms with Gasteiger partial charge in [-0.05, 0) is 30.7 Å². The highest BCUT2D eigenvalue weighted by Gasteiger charge is 2.16. The van der Waals surface area contributed by atoms with E-state index in [-0.39, 0.29) is 11.6 Å². The zero-order valence-electron chi connectivity index (χ0n) is 11.7. The summed E-state index contributed by atoms with van der Waals surface area (Å²) in [6.07, 6.45) is 0. The molecule has 110 valence electrons. The molecule has 1 amide bonds. The van der Waals surface area contributed by atoms with Gasteiger partial charge in [0.15, 0.2) is 0 Å². The standard InChI is InChI=1S/C14H15N3O3S/c1-3-16-11-8-12(21-13(11)14(18)15-2)9-4-6-10(7-5-9)17(19)20/h4-8,16H,3H2,1-2H3,(H,15,18). The van der Waals surface area contributed by atoms with Crippen LogP contribution in [-0.2, 0) is 0 Å². The van der Waals surface area contributed by atoms with Crippen molar-refractivity contribution in [2.45, 2.75) is 6.92 Å². The summed E-state index contributed by atoms with van der Waals surface area (Å²) in [5, 5.41) is 16.4. The lowest BCUT2D eigenvalue weighted by atomic mass is 10.1. The number of carbonyl (C=O) groups is 1. The Kier molecular flexibility index (Phi) is 4.54. The van der Waals surface area contributed by atoms with E-state index in [1.165, 1.54) is 23.5 Å². The van der Waals surface area contributed by atoms with Gasteiger partial charge in [0.2, 0.25) is 0 Å². The van der Waals surface area contributed by atoms with Crippen LogP contribution in [0.2, 0.25) is 0 Å². The Morgan fingerprint density at radius 2 is 2.00 bits per heavy atom. The fourth-order valence-corrected chi connectivity index (χ4v) is 2.97. The molecular weight excluding hydrogens is 290 g/mol. The van der Waals surface area contributed by atoms with Crippen molar-refractivity contribution < 1.29 is 9.72 Å². The second kappa shape index (κ2) is 6.36. The summed E-state index contributed by atoms with van der Waals surface area (Å²) in [4.78, 5) is 23.6. The zero-order valence-corrected chi connectivity index (χ0v) is 12.5. The summed E-state index contributed by atoms with van der Waals surface area (Å²) in [6, 6.07) is 8.18. The van der Waals surface area contributed by atoms with Crippen molar-refractivity contribution in [3.05, 3.63) is 45.3 Å². The maximum atomic E-state index is 11.9. The van der Waals surface area contributed by atoms with Gasteiger partial charge in [-0.3, -0.25) is 14.9 Å². The second-order valence-electron chi connectivity index (χ2n) is 4.27. The molecule has 0 unspecified atom stereocenters. The third-order valence-corrected chi connectivity index (χ3v) is 4.08. The average molecular weight is 305 g/mol. The Morgan fingerprint density at radius 1 is 1.33 bits per heavy atom. The van der Waals surface area contributed by atoms with Crippen LogP contribution in [0.4, 0.5) is 11.4 Å². The summed E-state index contributed by atoms with van der Waals surface area (Å²) in [5.41, 5.74) is 1.67. The number of benzene rings is 1. The molecule has 0 spiro atoms. The Labute approximate surface area is 126 Å². The van der Waals surface area contributed by atoms with Crippen LogP contribution in [0.15, 0.2) is 30.3 Å². The third-order valence-electron chi connectivity index (χ3n) is 2.90. The normalized spacial score (nSPS) is 10.2. The molecule has 0 fully saturated rings. The van der Waals surface area contributed by atoms with Crippen molar-refractivity contribution in [1.29, 1.82) is 0 Å². The molecule has 1 aromatic carbocycles. The van der Waals surface area contributed by atoms with Gasteiger partial charge in [-0.25, -0.2) is 0 Å². The Bertz CT molecular complexity index is 665. The number of nitrogens with zero attached hydrogens (tertiary/aromatic N) is 1. The molecule has 0 aliphatic heterocycles. The summed E-state index contributed by atoms with van der Waals surface area (Å²) < 4.78 is 0. The van der Waals surface area contributed by atoms with E-state index >= 15 is 0 Å². The van der Waals surface area contributed by atoms with E-state index in [0.717, 1.165) is 16.1 Å². The van der Waals surface area contributed by atoms with Gasteiger partial charge < -0.3 is 10.6 Å². The van der Waals surface area contributed by atoms with Crippen molar-refractivity contribution in [1.82, 2.24) is 5.32 Å². The molecule has 6 nitrogen and oxygen atoms in total. The zero-order chi connectivity index (χ0) is 15.4. The highest BCUT2D eigenvalue weighted by molar-refractivity contribution is 7.18. The SMILES string of the molecule is CCNc1cc(-c2ccc([N+](=O)[O-])cc2)sc1C(=O)NC. The van der Waals surface area contributed by atoms with Crippen LogP contribution in [0, 0.1) is 10.1 Å². The first-order valence-electron chi connectivity index (χ1n) is 6.41. The maximum absolute atomic E-state index is 11.9. The van der Waals surface area contributed by atoms with E-state index < -0.39 is 4.92 Å². The van der Waals surface area contributed by atoms with Gasteiger partial charge in [-0.2, -0.15) is 0 Å². The highest BCUT2D eigenvalue weighted by Crippen LogP contribution is 2.35. The number of nitrogens with one attached hydrogen (secondary N) is 2. The smallest absolute Gasteiger partial charge is 0.269 e. The number of thiophene rings is 1. The van der Waals surface area contributed by atoms with Crippen molar-refractivity contribution in [2.24, 2.45) is 0 Å². The molecule has 2 rings (SSSR count). The predicted octanol–water partition coefficient (Wildman–Crippen LogP) is 3.11. The molecule has 0 radical (unpaired) electrons. The molecule has 7 heteroatoms. The lowest BCUT2D eigenvalue weighted by Gasteiger charge is -2.02. The molecule has 0 atom stereocenters. The minimum absolute atomic E-state index is 0.0498. The van der Waals surface area contributed by atoms with Crippen LogP contribution >= 0.6 is 11.3 Å². The summed E-state index contributed by atoms with van der Waals surface area (Å²) >= 11 is 1.36. The molecule has 0 bridgehead atoms. The summed E-state index contributed by atoms with van der Waals surface area (Å²) in [5.74, 6) is -0.149. The Morgan fingerprint density at radius 3 is 2.52 bits per heavy atom. The number of carbonyl (C=O) groups excluding carboxylic acids is 1. The van der Waals surface area contributed by atoms with Gasteiger partial charge in [-0.1, -0.05) is 0 Å². The van der Waals surface area contributed by atoms with Crippen LogP contribution in [0.5, 0.6) is 0 Å². The Hall–Kier alpha value is -2.41. The summed E-state index contributed by atoms with van der Waals surface area (Å²) in [7, 11) is 1.59. The van der Waals surface area contributed by atoms with E-state index in [1.54, 1.807) is 19.2 Å². The van der Waals surface area contributed by atoms with Crippen molar-refractivity contribution in [3.63, 3.8) is 0 Å². The first-order chi connectivity index (χ1) is 10.1. The van der Waals surface area contributed by atoms with Gasteiger partial charge in [0.1, 0.15) is 4.88 Å². The van der Waals surface area contributed by atoms with Gasteiger partial charge in [0.25, 0.3) is 11.6 Å². The number of rotatable bonds is 5. The van der Waals surface area contributed by atoms with Crippen LogP contribution in [0.1, 0.15) is 16.6 Å². The Balaban J connectivity index is 2.39. The van der Waals surface area contributed by atoms with Crippen LogP contribution in [0.25, 0.3) is 10.4 Å². The van der Waals surface area contributed by atoms with Crippen molar-refractivity contribution in [3.8, 4) is 10.4 Å². The number of hydrogen-bond acceptors (Lipinski definition) is 5. The van der Waals surface area contributed by atoms with Gasteiger partial charge in [0, 0.05) is 30.6 Å². The monoisotopic (exact) mass is 305 g/mol. The first kappa shape index (κ1) is 15.0. The molecule has 1 heterocycles. The molecule has 0 saturated carbocycles. The van der Waals surface area contributed by atoms with Crippen molar-refractivity contribution >= 4 is 28.6 Å². The van der Waals surface area contributed by atoms with Crippen LogP contribution in [0.3, 0.4) is 0 Å². The van der Waals surface area contributed by atoms with E-state index in [4.69, 9.17) is 0 Å². The van der Waals surface area contributed by atoms with Crippen LogP contribution in [-0.4, -0.2) is 24.4 Å². The number of non-ortho nitro benzene ring substituents is 1. The minimum Gasteiger partial charge on any atom is -0.384 e. The molecule has 0 saturated heterocycles. The van der Waals surface area contributed by atoms with E-state index in [0.29, 0.717) is 11.4 Å².